The number of ether oxygens (including phenoxy) is 2. The summed E-state index contributed by atoms with van der Waals surface area (Å²) in [6.45, 7) is 1.54. The van der Waals surface area contributed by atoms with Gasteiger partial charge in [-0.15, -0.1) is 0 Å². The molecule has 4 nitrogen and oxygen atoms in total. The van der Waals surface area contributed by atoms with E-state index in [-0.39, 0.29) is 6.10 Å². The maximum absolute atomic E-state index is 6.35. The Bertz CT molecular complexity index is 843. The van der Waals surface area contributed by atoms with Gasteiger partial charge in [0.2, 0.25) is 0 Å². The van der Waals surface area contributed by atoms with Crippen LogP contribution in [0.3, 0.4) is 0 Å². The molecule has 2 aliphatic rings. The number of para-hydroxylation sites is 2. The summed E-state index contributed by atoms with van der Waals surface area (Å²) in [5.74, 6) is -0.0125. The first-order chi connectivity index (χ1) is 10.9. The lowest BCUT2D eigenvalue weighted by atomic mass is 10.1. The monoisotopic (exact) mass is 292 g/mol. The molecule has 0 saturated carbocycles. The Morgan fingerprint density at radius 3 is 2.77 bits per heavy atom. The van der Waals surface area contributed by atoms with Crippen molar-refractivity contribution in [3.63, 3.8) is 0 Å². The van der Waals surface area contributed by atoms with Crippen LogP contribution in [0.5, 0.6) is 0 Å². The maximum atomic E-state index is 6.35. The van der Waals surface area contributed by atoms with E-state index in [1.165, 1.54) is 0 Å². The summed E-state index contributed by atoms with van der Waals surface area (Å²) in [6, 6.07) is 18.4. The number of nitrogens with zero attached hydrogens (tertiary/aromatic N) is 2. The highest BCUT2D eigenvalue weighted by Gasteiger charge is 2.50. The van der Waals surface area contributed by atoms with E-state index in [0.717, 1.165) is 35.4 Å². The molecule has 2 bridgehead atoms. The Labute approximate surface area is 128 Å². The molecule has 5 rings (SSSR count). The molecule has 1 fully saturated rings. The van der Waals surface area contributed by atoms with Gasteiger partial charge in [-0.25, -0.2) is 4.98 Å². The minimum Gasteiger partial charge on any atom is -0.337 e. The molecule has 3 aromatic rings. The van der Waals surface area contributed by atoms with E-state index in [9.17, 15) is 0 Å². The van der Waals surface area contributed by atoms with Gasteiger partial charge < -0.3 is 14.0 Å². The topological polar surface area (TPSA) is 36.3 Å². The van der Waals surface area contributed by atoms with Gasteiger partial charge in [0, 0.05) is 12.1 Å². The highest BCUT2D eigenvalue weighted by atomic mass is 16.7. The number of imidazole rings is 1. The zero-order chi connectivity index (χ0) is 14.6. The molecule has 0 spiro atoms. The third-order valence-corrected chi connectivity index (χ3v) is 4.58. The van der Waals surface area contributed by atoms with Crippen LogP contribution < -0.4 is 0 Å². The molecular weight excluding hydrogens is 276 g/mol. The molecule has 1 saturated heterocycles. The summed E-state index contributed by atoms with van der Waals surface area (Å²) in [4.78, 5) is 4.85. The zero-order valence-electron chi connectivity index (χ0n) is 12.1. The average Bonchev–Trinajstić information content (AvgIpc) is 3.11. The van der Waals surface area contributed by atoms with E-state index in [1.54, 1.807) is 0 Å². The van der Waals surface area contributed by atoms with Crippen LogP contribution in [0.15, 0.2) is 54.6 Å². The van der Waals surface area contributed by atoms with E-state index in [4.69, 9.17) is 14.5 Å². The van der Waals surface area contributed by atoms with Gasteiger partial charge in [0.15, 0.2) is 5.82 Å². The first-order valence-electron chi connectivity index (χ1n) is 7.70. The number of hydrogen-bond acceptors (Lipinski definition) is 3. The van der Waals surface area contributed by atoms with Gasteiger partial charge in [0.1, 0.15) is 0 Å². The molecule has 2 unspecified atom stereocenters. The normalized spacial score (nSPS) is 26.8. The molecule has 0 radical (unpaired) electrons. The average molecular weight is 292 g/mol. The molecule has 0 aliphatic carbocycles. The Balaban J connectivity index is 1.82. The van der Waals surface area contributed by atoms with Crippen molar-refractivity contribution in [2.24, 2.45) is 0 Å². The molecule has 2 atom stereocenters. The number of aryl methyl sites for hydroxylation is 1. The van der Waals surface area contributed by atoms with Gasteiger partial charge in [-0.05, 0) is 18.6 Å². The predicted octanol–water partition coefficient (Wildman–Crippen LogP) is 3.06. The maximum Gasteiger partial charge on any atom is 0.256 e. The van der Waals surface area contributed by atoms with Gasteiger partial charge in [0.05, 0.1) is 23.7 Å². The summed E-state index contributed by atoms with van der Waals surface area (Å²) in [7, 11) is 0. The van der Waals surface area contributed by atoms with Crippen molar-refractivity contribution in [2.75, 3.05) is 6.61 Å². The van der Waals surface area contributed by atoms with Crippen molar-refractivity contribution >= 4 is 11.0 Å². The van der Waals surface area contributed by atoms with E-state index in [2.05, 4.69) is 28.8 Å². The lowest BCUT2D eigenvalue weighted by Crippen LogP contribution is -2.32. The molecule has 22 heavy (non-hydrogen) atoms. The Morgan fingerprint density at radius 1 is 1.05 bits per heavy atom. The molecule has 3 heterocycles. The van der Waals surface area contributed by atoms with E-state index in [1.807, 2.05) is 30.3 Å². The van der Waals surface area contributed by atoms with Crippen LogP contribution in [-0.2, 0) is 21.8 Å². The second-order valence-electron chi connectivity index (χ2n) is 5.90. The minimum absolute atomic E-state index is 0.126. The van der Waals surface area contributed by atoms with E-state index < -0.39 is 5.79 Å². The molecule has 0 amide bonds. The summed E-state index contributed by atoms with van der Waals surface area (Å²) in [5.41, 5.74) is 3.15. The lowest BCUT2D eigenvalue weighted by molar-refractivity contribution is -0.146. The summed E-state index contributed by atoms with van der Waals surface area (Å²) >= 11 is 0. The summed E-state index contributed by atoms with van der Waals surface area (Å²) in [5, 5.41) is 0. The van der Waals surface area contributed by atoms with E-state index in [0.29, 0.717) is 6.61 Å². The number of aromatic nitrogens is 2. The van der Waals surface area contributed by atoms with Gasteiger partial charge >= 0.3 is 0 Å². The van der Waals surface area contributed by atoms with Crippen LogP contribution in [0.25, 0.3) is 11.0 Å². The zero-order valence-corrected chi connectivity index (χ0v) is 12.1. The Kier molecular flexibility index (Phi) is 2.48. The third kappa shape index (κ3) is 1.56. The fourth-order valence-corrected chi connectivity index (χ4v) is 3.54. The number of benzene rings is 2. The molecule has 110 valence electrons. The molecule has 0 N–H and O–H groups in total. The van der Waals surface area contributed by atoms with Crippen molar-refractivity contribution in [1.29, 1.82) is 0 Å². The quantitative estimate of drug-likeness (QED) is 0.691. The van der Waals surface area contributed by atoms with Crippen molar-refractivity contribution in [3.05, 3.63) is 66.0 Å². The van der Waals surface area contributed by atoms with Crippen molar-refractivity contribution in [2.45, 2.75) is 24.9 Å². The largest absolute Gasteiger partial charge is 0.337 e. The van der Waals surface area contributed by atoms with Crippen LogP contribution in [0.4, 0.5) is 0 Å². The molecule has 2 aromatic carbocycles. The number of fused-ring (bicyclic) bond motifs is 6. The number of rotatable bonds is 1. The fourth-order valence-electron chi connectivity index (χ4n) is 3.54. The van der Waals surface area contributed by atoms with Crippen LogP contribution in [0.2, 0.25) is 0 Å². The SMILES string of the molecule is c1ccc(C23OCC(CCn4c2nc2ccccc24)O3)cc1. The van der Waals surface area contributed by atoms with Crippen LogP contribution in [0, 0.1) is 0 Å². The minimum atomic E-state index is -0.874. The Morgan fingerprint density at radius 2 is 1.86 bits per heavy atom. The molecule has 4 heteroatoms. The second kappa shape index (κ2) is 4.41. The van der Waals surface area contributed by atoms with Gasteiger partial charge in [0.25, 0.3) is 5.79 Å². The Hall–Kier alpha value is -2.17. The molecule has 2 aliphatic heterocycles. The first-order valence-corrected chi connectivity index (χ1v) is 7.70. The van der Waals surface area contributed by atoms with E-state index >= 15 is 0 Å². The third-order valence-electron chi connectivity index (χ3n) is 4.58. The van der Waals surface area contributed by atoms with Crippen LogP contribution in [0.1, 0.15) is 17.8 Å². The smallest absolute Gasteiger partial charge is 0.256 e. The highest BCUT2D eigenvalue weighted by Crippen LogP contribution is 2.43. The highest BCUT2D eigenvalue weighted by molar-refractivity contribution is 5.76. The van der Waals surface area contributed by atoms with Gasteiger partial charge in [-0.3, -0.25) is 0 Å². The molecular formula is C18H16N2O2. The van der Waals surface area contributed by atoms with Gasteiger partial charge in [-0.2, -0.15) is 0 Å². The van der Waals surface area contributed by atoms with Crippen molar-refractivity contribution in [3.8, 4) is 0 Å². The summed E-state index contributed by atoms with van der Waals surface area (Å²) < 4.78 is 14.8. The van der Waals surface area contributed by atoms with Crippen molar-refractivity contribution < 1.29 is 9.47 Å². The number of hydrogen-bond donors (Lipinski definition) is 0. The second-order valence-corrected chi connectivity index (χ2v) is 5.90. The predicted molar refractivity (Wildman–Crippen MR) is 82.4 cm³/mol. The standard InChI is InChI=1S/C18H16N2O2/c1-2-6-13(7-3-1)18-17-19-15-8-4-5-9-16(15)20(17)11-10-14(22-18)12-21-18/h1-9,14H,10-12H2. The van der Waals surface area contributed by atoms with Crippen LogP contribution in [-0.4, -0.2) is 22.3 Å². The lowest BCUT2D eigenvalue weighted by Gasteiger charge is -2.27. The fraction of sp³-hybridized carbons (Fsp3) is 0.278. The molecule has 1 aromatic heterocycles. The van der Waals surface area contributed by atoms with Crippen molar-refractivity contribution in [1.82, 2.24) is 9.55 Å². The first kappa shape index (κ1) is 12.4. The summed E-state index contributed by atoms with van der Waals surface area (Å²) in [6.07, 6.45) is 1.07. The van der Waals surface area contributed by atoms with Crippen LogP contribution >= 0.6 is 0 Å². The van der Waals surface area contributed by atoms with Gasteiger partial charge in [-0.1, -0.05) is 42.5 Å².